The van der Waals surface area contributed by atoms with Gasteiger partial charge in [0.25, 0.3) is 0 Å². The van der Waals surface area contributed by atoms with Gasteiger partial charge in [-0.05, 0) is 25.5 Å². The summed E-state index contributed by atoms with van der Waals surface area (Å²) in [4.78, 5) is 4.19. The van der Waals surface area contributed by atoms with Crippen LogP contribution in [0.3, 0.4) is 0 Å². The molecule has 0 N–H and O–H groups in total. The molecule has 1 aromatic heterocycles. The molecule has 0 unspecified atom stereocenters. The van der Waals surface area contributed by atoms with E-state index in [1.54, 1.807) is 11.5 Å². The van der Waals surface area contributed by atoms with Gasteiger partial charge in [-0.3, -0.25) is 0 Å². The maximum Gasteiger partial charge on any atom is 0.184 e. The molecule has 4 heteroatoms. The van der Waals surface area contributed by atoms with E-state index in [2.05, 4.69) is 4.98 Å². The average molecular weight is 210 g/mol. The molecule has 0 amide bonds. The quantitative estimate of drug-likeness (QED) is 0.745. The topological polar surface area (TPSA) is 17.8 Å². The minimum atomic E-state index is -0.820. The van der Waals surface area contributed by atoms with Gasteiger partial charge in [0, 0.05) is 6.54 Å². The summed E-state index contributed by atoms with van der Waals surface area (Å²) in [5.74, 6) is -0.905. The second-order valence-electron chi connectivity index (χ2n) is 3.54. The predicted octanol–water partition coefficient (Wildman–Crippen LogP) is 3.03. The smallest absolute Gasteiger partial charge is 0.184 e. The van der Waals surface area contributed by atoms with E-state index in [1.165, 1.54) is 6.07 Å². The number of halogens is 2. The first-order chi connectivity index (χ1) is 7.15. The molecular formula is C11H12F2N2. The molecule has 2 nitrogen and oxygen atoms in total. The van der Waals surface area contributed by atoms with E-state index in [0.29, 0.717) is 12.1 Å². The minimum absolute atomic E-state index is 0.273. The van der Waals surface area contributed by atoms with Crippen LogP contribution in [0, 0.1) is 18.6 Å². The Morgan fingerprint density at radius 2 is 2.07 bits per heavy atom. The molecule has 2 rings (SSSR count). The van der Waals surface area contributed by atoms with E-state index in [0.717, 1.165) is 18.3 Å². The largest absolute Gasteiger partial charge is 0.326 e. The Kier molecular flexibility index (Phi) is 2.42. The fraction of sp³-hybridized carbons (Fsp3) is 0.364. The Morgan fingerprint density at radius 1 is 1.33 bits per heavy atom. The van der Waals surface area contributed by atoms with Crippen molar-refractivity contribution in [2.45, 2.75) is 26.8 Å². The standard InChI is InChI=1S/C11H12F2N2/c1-3-6-15-7(2)14-9-5-4-8(12)10(13)11(9)15/h4-5H,3,6H2,1-2H3. The molecule has 1 heterocycles. The van der Waals surface area contributed by atoms with Crippen molar-refractivity contribution in [3.05, 3.63) is 29.6 Å². The number of imidazole rings is 1. The molecule has 80 valence electrons. The molecule has 0 bridgehead atoms. The highest BCUT2D eigenvalue weighted by Gasteiger charge is 2.14. The van der Waals surface area contributed by atoms with Crippen molar-refractivity contribution < 1.29 is 8.78 Å². The molecular weight excluding hydrogens is 198 g/mol. The van der Waals surface area contributed by atoms with Crippen LogP contribution in [-0.2, 0) is 6.54 Å². The summed E-state index contributed by atoms with van der Waals surface area (Å²) in [6.45, 7) is 4.44. The molecule has 1 aromatic carbocycles. The summed E-state index contributed by atoms with van der Waals surface area (Å²) in [6, 6.07) is 2.62. The fourth-order valence-corrected chi connectivity index (χ4v) is 1.77. The van der Waals surface area contributed by atoms with Crippen LogP contribution in [0.2, 0.25) is 0 Å². The van der Waals surface area contributed by atoms with Crippen molar-refractivity contribution in [1.82, 2.24) is 9.55 Å². The number of aromatic nitrogens is 2. The molecule has 0 atom stereocenters. The molecule has 0 radical (unpaired) electrons. The van der Waals surface area contributed by atoms with Crippen LogP contribution in [-0.4, -0.2) is 9.55 Å². The molecule has 0 aliphatic heterocycles. The van der Waals surface area contributed by atoms with Crippen LogP contribution < -0.4 is 0 Å². The number of rotatable bonds is 2. The van der Waals surface area contributed by atoms with Gasteiger partial charge in [-0.1, -0.05) is 6.92 Å². The normalized spacial score (nSPS) is 11.2. The predicted molar refractivity (Wildman–Crippen MR) is 54.7 cm³/mol. The second kappa shape index (κ2) is 3.61. The third-order valence-corrected chi connectivity index (χ3v) is 2.44. The van der Waals surface area contributed by atoms with E-state index < -0.39 is 11.6 Å². The van der Waals surface area contributed by atoms with Crippen LogP contribution in [0.15, 0.2) is 12.1 Å². The van der Waals surface area contributed by atoms with E-state index in [-0.39, 0.29) is 5.52 Å². The Labute approximate surface area is 86.5 Å². The lowest BCUT2D eigenvalue weighted by Gasteiger charge is -2.04. The van der Waals surface area contributed by atoms with Gasteiger partial charge < -0.3 is 4.57 Å². The van der Waals surface area contributed by atoms with E-state index in [1.807, 2.05) is 6.92 Å². The first-order valence-corrected chi connectivity index (χ1v) is 4.96. The highest BCUT2D eigenvalue weighted by molar-refractivity contribution is 5.76. The first kappa shape index (κ1) is 10.1. The third-order valence-electron chi connectivity index (χ3n) is 2.44. The molecule has 0 saturated heterocycles. The minimum Gasteiger partial charge on any atom is -0.326 e. The Morgan fingerprint density at radius 3 is 2.73 bits per heavy atom. The highest BCUT2D eigenvalue weighted by Crippen LogP contribution is 2.21. The molecule has 0 aliphatic carbocycles. The molecule has 2 aromatic rings. The van der Waals surface area contributed by atoms with Gasteiger partial charge in [0.1, 0.15) is 11.3 Å². The molecule has 0 fully saturated rings. The summed E-state index contributed by atoms with van der Waals surface area (Å²) in [7, 11) is 0. The summed E-state index contributed by atoms with van der Waals surface area (Å²) in [5, 5.41) is 0. The van der Waals surface area contributed by atoms with Gasteiger partial charge in [-0.25, -0.2) is 13.8 Å². The number of nitrogens with zero attached hydrogens (tertiary/aromatic N) is 2. The summed E-state index contributed by atoms with van der Waals surface area (Å²) in [6.07, 6.45) is 0.863. The molecule has 0 saturated carbocycles. The Bertz CT molecular complexity index is 503. The van der Waals surface area contributed by atoms with Crippen molar-refractivity contribution >= 4 is 11.0 Å². The van der Waals surface area contributed by atoms with E-state index >= 15 is 0 Å². The van der Waals surface area contributed by atoms with E-state index in [9.17, 15) is 8.78 Å². The lowest BCUT2D eigenvalue weighted by atomic mass is 10.3. The number of benzene rings is 1. The maximum absolute atomic E-state index is 13.6. The Balaban J connectivity index is 2.77. The monoisotopic (exact) mass is 210 g/mol. The number of aryl methyl sites for hydroxylation is 2. The van der Waals surface area contributed by atoms with Crippen LogP contribution in [0.25, 0.3) is 11.0 Å². The molecule has 15 heavy (non-hydrogen) atoms. The van der Waals surface area contributed by atoms with Crippen molar-refractivity contribution in [2.24, 2.45) is 0 Å². The summed E-state index contributed by atoms with van der Waals surface area (Å²) in [5.41, 5.74) is 0.786. The zero-order chi connectivity index (χ0) is 11.0. The van der Waals surface area contributed by atoms with Crippen molar-refractivity contribution in [3.8, 4) is 0 Å². The molecule has 0 spiro atoms. The third kappa shape index (κ3) is 1.50. The van der Waals surface area contributed by atoms with Gasteiger partial charge in [-0.15, -0.1) is 0 Å². The summed E-state index contributed by atoms with van der Waals surface area (Å²) >= 11 is 0. The average Bonchev–Trinajstić information content (AvgIpc) is 2.51. The lowest BCUT2D eigenvalue weighted by Crippen LogP contribution is -2.01. The fourth-order valence-electron chi connectivity index (χ4n) is 1.77. The van der Waals surface area contributed by atoms with Gasteiger partial charge in [0.05, 0.1) is 5.52 Å². The van der Waals surface area contributed by atoms with E-state index in [4.69, 9.17) is 0 Å². The van der Waals surface area contributed by atoms with Crippen LogP contribution >= 0.6 is 0 Å². The maximum atomic E-state index is 13.6. The number of fused-ring (bicyclic) bond motifs is 1. The van der Waals surface area contributed by atoms with Gasteiger partial charge >= 0.3 is 0 Å². The van der Waals surface area contributed by atoms with Crippen LogP contribution in [0.5, 0.6) is 0 Å². The molecule has 0 aliphatic rings. The zero-order valence-corrected chi connectivity index (χ0v) is 8.72. The van der Waals surface area contributed by atoms with Crippen molar-refractivity contribution in [2.75, 3.05) is 0 Å². The van der Waals surface area contributed by atoms with Gasteiger partial charge in [0.2, 0.25) is 0 Å². The highest BCUT2D eigenvalue weighted by atomic mass is 19.2. The van der Waals surface area contributed by atoms with Gasteiger partial charge in [0.15, 0.2) is 11.6 Å². The SMILES string of the molecule is CCCn1c(C)nc2ccc(F)c(F)c21. The second-order valence-corrected chi connectivity index (χ2v) is 3.54. The van der Waals surface area contributed by atoms with Gasteiger partial charge in [-0.2, -0.15) is 0 Å². The van der Waals surface area contributed by atoms with Crippen molar-refractivity contribution in [3.63, 3.8) is 0 Å². The zero-order valence-electron chi connectivity index (χ0n) is 8.72. The van der Waals surface area contributed by atoms with Crippen molar-refractivity contribution in [1.29, 1.82) is 0 Å². The summed E-state index contributed by atoms with van der Waals surface area (Å²) < 4.78 is 28.3. The number of hydrogen-bond donors (Lipinski definition) is 0. The van der Waals surface area contributed by atoms with Crippen LogP contribution in [0.1, 0.15) is 19.2 Å². The lowest BCUT2D eigenvalue weighted by molar-refractivity contribution is 0.510. The number of hydrogen-bond acceptors (Lipinski definition) is 1. The Hall–Kier alpha value is -1.45. The van der Waals surface area contributed by atoms with Crippen LogP contribution in [0.4, 0.5) is 8.78 Å². The first-order valence-electron chi connectivity index (χ1n) is 4.96.